The van der Waals surface area contributed by atoms with Gasteiger partial charge in [0.1, 0.15) is 5.69 Å². The highest BCUT2D eigenvalue weighted by Gasteiger charge is 2.39. The zero-order valence-electron chi connectivity index (χ0n) is 19.5. The lowest BCUT2D eigenvalue weighted by molar-refractivity contribution is 0.0943. The molecule has 5 heteroatoms. The van der Waals surface area contributed by atoms with E-state index >= 15 is 0 Å². The van der Waals surface area contributed by atoms with Crippen LogP contribution < -0.4 is 5.32 Å². The summed E-state index contributed by atoms with van der Waals surface area (Å²) < 4.78 is 4.45. The van der Waals surface area contributed by atoms with Crippen LogP contribution in [0.3, 0.4) is 0 Å². The molecule has 0 saturated heterocycles. The molecule has 0 aliphatic heterocycles. The molecule has 1 amide bonds. The molecular formula is C31H23N3OS. The second-order valence-corrected chi connectivity index (χ2v) is 10.4. The van der Waals surface area contributed by atoms with Gasteiger partial charge in [-0.3, -0.25) is 9.36 Å². The second-order valence-electron chi connectivity index (χ2n) is 9.31. The Labute approximate surface area is 212 Å². The van der Waals surface area contributed by atoms with Crippen LogP contribution in [0.4, 0.5) is 0 Å². The Morgan fingerprint density at radius 2 is 1.69 bits per heavy atom. The summed E-state index contributed by atoms with van der Waals surface area (Å²) in [7, 11) is 0. The predicted octanol–water partition coefficient (Wildman–Crippen LogP) is 7.19. The largest absolute Gasteiger partial charge is 0.347 e. The number of fused-ring (bicyclic) bond motifs is 3. The van der Waals surface area contributed by atoms with Crippen LogP contribution in [0.15, 0.2) is 110 Å². The summed E-state index contributed by atoms with van der Waals surface area (Å²) in [6.45, 7) is 0. The first-order chi connectivity index (χ1) is 17.8. The van der Waals surface area contributed by atoms with Gasteiger partial charge in [-0.15, -0.1) is 11.3 Å². The Kier molecular flexibility index (Phi) is 4.96. The van der Waals surface area contributed by atoms with E-state index in [0.29, 0.717) is 11.6 Å². The van der Waals surface area contributed by atoms with Crippen molar-refractivity contribution in [1.82, 2.24) is 14.9 Å². The smallest absolute Gasteiger partial charge is 0.270 e. The molecule has 1 fully saturated rings. The lowest BCUT2D eigenvalue weighted by atomic mass is 10.0. The van der Waals surface area contributed by atoms with Crippen LogP contribution in [0.25, 0.3) is 37.0 Å². The van der Waals surface area contributed by atoms with Gasteiger partial charge in [0, 0.05) is 37.8 Å². The molecule has 2 atom stereocenters. The zero-order chi connectivity index (χ0) is 24.1. The second kappa shape index (κ2) is 8.47. The van der Waals surface area contributed by atoms with Gasteiger partial charge in [-0.05, 0) is 41.3 Å². The van der Waals surface area contributed by atoms with Gasteiger partial charge in [0.05, 0.1) is 12.5 Å². The number of imidazole rings is 1. The minimum Gasteiger partial charge on any atom is -0.347 e. The minimum absolute atomic E-state index is 0.0899. The standard InChI is InChI=1S/C31H23N3OS/c35-31(33-27-17-26(27)20-8-2-1-3-9-20)28-18-32-19-34(28)22-11-6-10-21(16-22)23-13-7-14-25-24-12-4-5-15-29(24)36-30(23)25/h1-16,18-19,26-27H,17H2,(H,33,35)/t26-,27+/m1/s1. The third-order valence-electron chi connectivity index (χ3n) is 7.05. The molecule has 4 nitrogen and oxygen atoms in total. The average Bonchev–Trinajstić information content (AvgIpc) is 3.34. The van der Waals surface area contributed by atoms with Gasteiger partial charge < -0.3 is 5.32 Å². The number of carbonyl (C=O) groups is 1. The maximum Gasteiger partial charge on any atom is 0.270 e. The number of carbonyl (C=O) groups excluding carboxylic acids is 1. The highest BCUT2D eigenvalue weighted by atomic mass is 32.1. The molecule has 6 aromatic rings. The number of nitrogens with zero attached hydrogens (tertiary/aromatic N) is 2. The molecule has 7 rings (SSSR count). The van der Waals surface area contributed by atoms with Gasteiger partial charge in [-0.2, -0.15) is 0 Å². The number of amides is 1. The number of hydrogen-bond acceptors (Lipinski definition) is 3. The molecule has 0 unspecified atom stereocenters. The quantitative estimate of drug-likeness (QED) is 0.281. The molecule has 0 spiro atoms. The fourth-order valence-electron chi connectivity index (χ4n) is 5.13. The Bertz CT molecular complexity index is 1730. The van der Waals surface area contributed by atoms with Crippen LogP contribution in [0, 0.1) is 0 Å². The number of benzene rings is 4. The predicted molar refractivity (Wildman–Crippen MR) is 147 cm³/mol. The Morgan fingerprint density at radius 3 is 2.61 bits per heavy atom. The normalized spacial score (nSPS) is 16.9. The molecule has 36 heavy (non-hydrogen) atoms. The summed E-state index contributed by atoms with van der Waals surface area (Å²) in [6, 6.07) is 33.9. The molecule has 0 radical (unpaired) electrons. The van der Waals surface area contributed by atoms with Gasteiger partial charge in [-0.1, -0.05) is 78.9 Å². The summed E-state index contributed by atoms with van der Waals surface area (Å²) in [6.07, 6.45) is 4.34. The third-order valence-corrected chi connectivity index (χ3v) is 8.27. The summed E-state index contributed by atoms with van der Waals surface area (Å²) in [4.78, 5) is 17.5. The van der Waals surface area contributed by atoms with Crippen molar-refractivity contribution < 1.29 is 4.79 Å². The van der Waals surface area contributed by atoms with Gasteiger partial charge in [0.15, 0.2) is 0 Å². The topological polar surface area (TPSA) is 46.9 Å². The molecule has 1 aliphatic rings. The SMILES string of the molecule is O=C(N[C@H]1C[C@@H]1c1ccccc1)c1cncn1-c1cccc(-c2cccc3c2sc2ccccc23)c1. The lowest BCUT2D eigenvalue weighted by Crippen LogP contribution is -2.28. The molecular weight excluding hydrogens is 462 g/mol. The van der Waals surface area contributed by atoms with Crippen molar-refractivity contribution in [3.63, 3.8) is 0 Å². The fourth-order valence-corrected chi connectivity index (χ4v) is 6.37. The molecule has 4 aromatic carbocycles. The van der Waals surface area contributed by atoms with Gasteiger partial charge in [0.2, 0.25) is 0 Å². The number of hydrogen-bond donors (Lipinski definition) is 1. The van der Waals surface area contributed by atoms with Crippen molar-refractivity contribution >= 4 is 37.4 Å². The van der Waals surface area contributed by atoms with E-state index in [2.05, 4.69) is 77.0 Å². The van der Waals surface area contributed by atoms with Crippen molar-refractivity contribution in [2.45, 2.75) is 18.4 Å². The maximum absolute atomic E-state index is 13.2. The van der Waals surface area contributed by atoms with Crippen molar-refractivity contribution in [3.05, 3.63) is 121 Å². The zero-order valence-corrected chi connectivity index (χ0v) is 20.3. The van der Waals surface area contributed by atoms with Crippen molar-refractivity contribution in [2.24, 2.45) is 0 Å². The van der Waals surface area contributed by atoms with E-state index in [4.69, 9.17) is 0 Å². The van der Waals surface area contributed by atoms with Crippen LogP contribution >= 0.6 is 11.3 Å². The average molecular weight is 486 g/mol. The van der Waals surface area contributed by atoms with E-state index in [0.717, 1.165) is 17.7 Å². The summed E-state index contributed by atoms with van der Waals surface area (Å²) >= 11 is 1.82. The number of rotatable bonds is 5. The van der Waals surface area contributed by atoms with Gasteiger partial charge in [0.25, 0.3) is 5.91 Å². The maximum atomic E-state index is 13.2. The highest BCUT2D eigenvalue weighted by molar-refractivity contribution is 7.26. The van der Waals surface area contributed by atoms with Gasteiger partial charge in [-0.25, -0.2) is 4.98 Å². The van der Waals surface area contributed by atoms with Crippen molar-refractivity contribution in [1.29, 1.82) is 0 Å². The number of nitrogens with one attached hydrogen (secondary N) is 1. The van der Waals surface area contributed by atoms with Crippen molar-refractivity contribution in [2.75, 3.05) is 0 Å². The van der Waals surface area contributed by atoms with Crippen LogP contribution in [-0.4, -0.2) is 21.5 Å². The molecule has 0 bridgehead atoms. The van der Waals surface area contributed by atoms with E-state index in [-0.39, 0.29) is 11.9 Å². The summed E-state index contributed by atoms with van der Waals surface area (Å²) in [5, 5.41) is 5.77. The van der Waals surface area contributed by atoms with E-state index in [1.165, 1.54) is 31.3 Å². The Morgan fingerprint density at radius 1 is 0.889 bits per heavy atom. The minimum atomic E-state index is -0.0899. The van der Waals surface area contributed by atoms with Gasteiger partial charge >= 0.3 is 0 Å². The number of aromatic nitrogens is 2. The highest BCUT2D eigenvalue weighted by Crippen LogP contribution is 2.41. The molecule has 1 saturated carbocycles. The summed E-state index contributed by atoms with van der Waals surface area (Å²) in [5.74, 6) is 0.296. The first kappa shape index (κ1) is 21.1. The summed E-state index contributed by atoms with van der Waals surface area (Å²) in [5.41, 5.74) is 5.07. The van der Waals surface area contributed by atoms with Crippen LogP contribution in [0.2, 0.25) is 0 Å². The number of thiophene rings is 1. The molecule has 174 valence electrons. The van der Waals surface area contributed by atoms with Crippen LogP contribution in [-0.2, 0) is 0 Å². The monoisotopic (exact) mass is 485 g/mol. The first-order valence-corrected chi connectivity index (χ1v) is 13.0. The van der Waals surface area contributed by atoms with E-state index in [9.17, 15) is 4.79 Å². The van der Waals surface area contributed by atoms with Crippen LogP contribution in [0.5, 0.6) is 0 Å². The third kappa shape index (κ3) is 3.60. The Balaban J connectivity index is 1.20. The molecule has 1 N–H and O–H groups in total. The molecule has 2 heterocycles. The van der Waals surface area contributed by atoms with E-state index in [1.807, 2.05) is 46.2 Å². The fraction of sp³-hybridized carbons (Fsp3) is 0.0968. The molecule has 2 aromatic heterocycles. The van der Waals surface area contributed by atoms with Crippen molar-refractivity contribution in [3.8, 4) is 16.8 Å². The van der Waals surface area contributed by atoms with E-state index in [1.54, 1.807) is 12.5 Å². The first-order valence-electron chi connectivity index (χ1n) is 12.2. The van der Waals surface area contributed by atoms with E-state index < -0.39 is 0 Å². The lowest BCUT2D eigenvalue weighted by Gasteiger charge is -2.11. The van der Waals surface area contributed by atoms with Crippen LogP contribution in [0.1, 0.15) is 28.4 Å². The molecule has 1 aliphatic carbocycles. The Hall–Kier alpha value is -4.22.